The quantitative estimate of drug-likeness (QED) is 0.529. The number of hydrogen-bond acceptors (Lipinski definition) is 1. The Labute approximate surface area is 131 Å². The van der Waals surface area contributed by atoms with Crippen LogP contribution in [0.3, 0.4) is 0 Å². The summed E-state index contributed by atoms with van der Waals surface area (Å²) >= 11 is 0. The largest absolute Gasteiger partial charge is 0.198 e. The van der Waals surface area contributed by atoms with Gasteiger partial charge in [-0.15, -0.1) is 0 Å². The molecule has 0 radical (unpaired) electrons. The van der Waals surface area contributed by atoms with Gasteiger partial charge in [0.05, 0.1) is 6.07 Å². The zero-order chi connectivity index (χ0) is 14.9. The Morgan fingerprint density at radius 3 is 2.00 bits per heavy atom. The van der Waals surface area contributed by atoms with Crippen molar-refractivity contribution in [2.45, 2.75) is 84.0 Å². The van der Waals surface area contributed by atoms with Crippen LogP contribution < -0.4 is 0 Å². The van der Waals surface area contributed by atoms with Crippen LogP contribution in [0.5, 0.6) is 0 Å². The highest BCUT2D eigenvalue weighted by Crippen LogP contribution is 2.36. The van der Waals surface area contributed by atoms with E-state index in [-0.39, 0.29) is 0 Å². The molecule has 0 aromatic rings. The van der Waals surface area contributed by atoms with Crippen LogP contribution in [-0.4, -0.2) is 0 Å². The highest BCUT2D eigenvalue weighted by Gasteiger charge is 2.23. The fourth-order valence-corrected chi connectivity index (χ4v) is 4.18. The van der Waals surface area contributed by atoms with Crippen molar-refractivity contribution in [2.75, 3.05) is 0 Å². The van der Waals surface area contributed by atoms with Gasteiger partial charge in [0.15, 0.2) is 0 Å². The molecule has 118 valence electrons. The van der Waals surface area contributed by atoms with Crippen molar-refractivity contribution in [2.24, 2.45) is 23.7 Å². The predicted octanol–water partition coefficient (Wildman–Crippen LogP) is 6.26. The van der Waals surface area contributed by atoms with E-state index in [9.17, 15) is 0 Å². The molecule has 0 amide bonds. The minimum atomic E-state index is 0.367. The van der Waals surface area contributed by atoms with Gasteiger partial charge in [-0.05, 0) is 75.5 Å². The molecule has 21 heavy (non-hydrogen) atoms. The predicted molar refractivity (Wildman–Crippen MR) is 89.8 cm³/mol. The Bertz CT molecular complexity index is 335. The molecule has 0 aromatic heterocycles. The number of nitriles is 1. The molecule has 0 bridgehead atoms. The smallest absolute Gasteiger partial charge is 0.0655 e. The van der Waals surface area contributed by atoms with Crippen LogP contribution in [-0.2, 0) is 0 Å². The molecule has 2 fully saturated rings. The second-order valence-corrected chi connectivity index (χ2v) is 7.42. The number of unbranched alkanes of at least 4 members (excludes halogenated alkanes) is 1. The fourth-order valence-electron chi connectivity index (χ4n) is 4.18. The van der Waals surface area contributed by atoms with E-state index in [1.54, 1.807) is 0 Å². The summed E-state index contributed by atoms with van der Waals surface area (Å²) in [5.41, 5.74) is 0. The van der Waals surface area contributed by atoms with Crippen molar-refractivity contribution in [3.05, 3.63) is 12.2 Å². The lowest BCUT2D eigenvalue weighted by atomic mass is 9.76. The van der Waals surface area contributed by atoms with Gasteiger partial charge in [-0.1, -0.05) is 38.3 Å². The number of rotatable bonds is 6. The maximum absolute atomic E-state index is 8.96. The van der Waals surface area contributed by atoms with Crippen molar-refractivity contribution in [3.8, 4) is 6.07 Å². The maximum atomic E-state index is 8.96. The van der Waals surface area contributed by atoms with Crippen LogP contribution in [0.25, 0.3) is 0 Å². The molecule has 0 heterocycles. The van der Waals surface area contributed by atoms with Crippen LogP contribution >= 0.6 is 0 Å². The molecule has 1 heteroatoms. The fraction of sp³-hybridized carbons (Fsp3) is 0.850. The third kappa shape index (κ3) is 5.85. The van der Waals surface area contributed by atoms with Crippen molar-refractivity contribution in [1.29, 1.82) is 5.26 Å². The van der Waals surface area contributed by atoms with Crippen molar-refractivity contribution < 1.29 is 0 Å². The van der Waals surface area contributed by atoms with E-state index in [2.05, 4.69) is 25.1 Å². The second-order valence-electron chi connectivity index (χ2n) is 7.42. The molecule has 0 N–H and O–H groups in total. The van der Waals surface area contributed by atoms with E-state index in [4.69, 9.17) is 5.26 Å². The van der Waals surface area contributed by atoms with Crippen LogP contribution in [0, 0.1) is 35.0 Å². The summed E-state index contributed by atoms with van der Waals surface area (Å²) in [6.45, 7) is 2.26. The van der Waals surface area contributed by atoms with Gasteiger partial charge >= 0.3 is 0 Å². The molecular weight excluding hydrogens is 254 g/mol. The molecule has 0 atom stereocenters. The standard InChI is InChI=1S/C20H33N/c1-2-3-4-5-17-6-8-18(9-7-17)10-11-19-12-14-20(16-21)15-13-19/h4-5,17-20H,2-3,6-15H2,1H3/t17-,18-,19-,20-. The lowest BCUT2D eigenvalue weighted by molar-refractivity contribution is 0.242. The molecule has 1 nitrogen and oxygen atoms in total. The minimum Gasteiger partial charge on any atom is -0.198 e. The van der Waals surface area contributed by atoms with Crippen molar-refractivity contribution >= 4 is 0 Å². The zero-order valence-corrected chi connectivity index (χ0v) is 13.9. The summed E-state index contributed by atoms with van der Waals surface area (Å²) < 4.78 is 0. The molecule has 0 saturated heterocycles. The first-order valence-electron chi connectivity index (χ1n) is 9.38. The topological polar surface area (TPSA) is 23.8 Å². The Morgan fingerprint density at radius 2 is 1.48 bits per heavy atom. The number of hydrogen-bond donors (Lipinski definition) is 0. The monoisotopic (exact) mass is 287 g/mol. The lowest BCUT2D eigenvalue weighted by Gasteiger charge is -2.30. The van der Waals surface area contributed by atoms with Crippen molar-refractivity contribution in [3.63, 3.8) is 0 Å². The molecule has 2 aliphatic rings. The van der Waals surface area contributed by atoms with Gasteiger partial charge < -0.3 is 0 Å². The second kappa shape index (κ2) is 9.29. The summed E-state index contributed by atoms with van der Waals surface area (Å²) in [7, 11) is 0. The van der Waals surface area contributed by atoms with Gasteiger partial charge in [-0.3, -0.25) is 0 Å². The van der Waals surface area contributed by atoms with E-state index in [1.165, 1.54) is 64.2 Å². The van der Waals surface area contributed by atoms with Crippen molar-refractivity contribution in [1.82, 2.24) is 0 Å². The van der Waals surface area contributed by atoms with Gasteiger partial charge in [0.2, 0.25) is 0 Å². The van der Waals surface area contributed by atoms with Crippen LogP contribution in [0.4, 0.5) is 0 Å². The highest BCUT2D eigenvalue weighted by molar-refractivity contribution is 4.91. The van der Waals surface area contributed by atoms with Gasteiger partial charge in [0.1, 0.15) is 0 Å². The third-order valence-electron chi connectivity index (χ3n) is 5.77. The van der Waals surface area contributed by atoms with E-state index >= 15 is 0 Å². The van der Waals surface area contributed by atoms with Gasteiger partial charge in [0.25, 0.3) is 0 Å². The van der Waals surface area contributed by atoms with E-state index in [0.29, 0.717) is 5.92 Å². The summed E-state index contributed by atoms with van der Waals surface area (Å²) in [5.74, 6) is 3.16. The number of allylic oxidation sites excluding steroid dienone is 2. The van der Waals surface area contributed by atoms with Gasteiger partial charge in [-0.2, -0.15) is 5.26 Å². The lowest BCUT2D eigenvalue weighted by Crippen LogP contribution is -2.17. The molecule has 0 aromatic carbocycles. The first kappa shape index (κ1) is 16.6. The summed E-state index contributed by atoms with van der Waals surface area (Å²) in [4.78, 5) is 0. The average molecular weight is 287 g/mol. The normalized spacial score (nSPS) is 33.9. The SMILES string of the molecule is CCCC=C[C@H]1CC[C@H](CC[C@H]2CC[C@H](C#N)CC2)CC1. The van der Waals surface area contributed by atoms with E-state index in [0.717, 1.165) is 30.6 Å². The van der Waals surface area contributed by atoms with Crippen LogP contribution in [0.15, 0.2) is 12.2 Å². The molecule has 0 spiro atoms. The highest BCUT2D eigenvalue weighted by atomic mass is 14.3. The maximum Gasteiger partial charge on any atom is 0.0655 e. The number of nitrogens with zero attached hydrogens (tertiary/aromatic N) is 1. The molecule has 2 saturated carbocycles. The van der Waals surface area contributed by atoms with E-state index < -0.39 is 0 Å². The van der Waals surface area contributed by atoms with Crippen LogP contribution in [0.1, 0.15) is 84.0 Å². The zero-order valence-electron chi connectivity index (χ0n) is 13.9. The molecule has 0 unspecified atom stereocenters. The summed E-state index contributed by atoms with van der Waals surface area (Å²) in [5, 5.41) is 8.96. The first-order chi connectivity index (χ1) is 10.3. The Hall–Kier alpha value is -0.770. The Balaban J connectivity index is 1.58. The van der Waals surface area contributed by atoms with E-state index in [1.807, 2.05) is 0 Å². The summed E-state index contributed by atoms with van der Waals surface area (Å²) in [6, 6.07) is 2.45. The van der Waals surface area contributed by atoms with Crippen LogP contribution in [0.2, 0.25) is 0 Å². The average Bonchev–Trinajstić information content (AvgIpc) is 2.55. The summed E-state index contributed by atoms with van der Waals surface area (Å²) in [6.07, 6.45) is 21.0. The Morgan fingerprint density at radius 1 is 0.905 bits per heavy atom. The Kier molecular flexibility index (Phi) is 7.34. The molecular formula is C20H33N. The minimum absolute atomic E-state index is 0.367. The molecule has 2 rings (SSSR count). The third-order valence-corrected chi connectivity index (χ3v) is 5.77. The first-order valence-corrected chi connectivity index (χ1v) is 9.38. The molecule has 2 aliphatic carbocycles. The van der Waals surface area contributed by atoms with Gasteiger partial charge in [0, 0.05) is 5.92 Å². The molecule has 0 aliphatic heterocycles. The van der Waals surface area contributed by atoms with Gasteiger partial charge in [-0.25, -0.2) is 0 Å².